The Kier molecular flexibility index (Phi) is 8.94. The van der Waals surface area contributed by atoms with E-state index in [9.17, 15) is 5.21 Å². The smallest absolute Gasteiger partial charge is 0.269 e. The van der Waals surface area contributed by atoms with Crippen LogP contribution in [0.5, 0.6) is 11.5 Å². The molecule has 0 unspecified atom stereocenters. The maximum Gasteiger partial charge on any atom is 0.269 e. The zero-order valence-electron chi connectivity index (χ0n) is 23.2. The first-order valence-corrected chi connectivity index (χ1v) is 13.7. The van der Waals surface area contributed by atoms with Gasteiger partial charge in [0.25, 0.3) is 11.9 Å². The third-order valence-corrected chi connectivity index (χ3v) is 6.97. The average molecular weight is 548 g/mol. The highest BCUT2D eigenvalue weighted by Crippen LogP contribution is 2.39. The molecular formula is C35H35N2O4+. The van der Waals surface area contributed by atoms with E-state index in [2.05, 4.69) is 0 Å². The van der Waals surface area contributed by atoms with Crippen molar-refractivity contribution in [2.75, 3.05) is 0 Å². The van der Waals surface area contributed by atoms with Crippen LogP contribution in [0.2, 0.25) is 0 Å². The molecule has 5 aromatic rings. The monoisotopic (exact) mass is 547 g/mol. The zero-order valence-corrected chi connectivity index (χ0v) is 23.2. The number of benzene rings is 4. The molecule has 0 saturated carbocycles. The minimum Gasteiger partial charge on any atom is -0.477 e. The van der Waals surface area contributed by atoms with E-state index in [1.165, 1.54) is 6.20 Å². The number of nitrogens with two attached hydrogens (primary N) is 1. The maximum atomic E-state index is 11.1. The van der Waals surface area contributed by atoms with Gasteiger partial charge in [0.1, 0.15) is 12.2 Å². The van der Waals surface area contributed by atoms with Crippen molar-refractivity contribution in [3.05, 3.63) is 162 Å². The first-order chi connectivity index (χ1) is 20.0. The molecule has 0 fully saturated rings. The molecule has 1 atom stereocenters. The Morgan fingerprint density at radius 3 is 1.29 bits per heavy atom. The Morgan fingerprint density at radius 2 is 0.951 bits per heavy atom. The van der Waals surface area contributed by atoms with Gasteiger partial charge in [0.05, 0.1) is 6.07 Å². The van der Waals surface area contributed by atoms with Gasteiger partial charge in [-0.05, 0) is 28.2 Å². The second-order valence-electron chi connectivity index (χ2n) is 10.2. The van der Waals surface area contributed by atoms with Crippen molar-refractivity contribution in [2.45, 2.75) is 32.2 Å². The summed E-state index contributed by atoms with van der Waals surface area (Å²) < 4.78 is 14.5. The van der Waals surface area contributed by atoms with Crippen molar-refractivity contribution in [3.63, 3.8) is 0 Å². The Morgan fingerprint density at radius 1 is 0.585 bits per heavy atom. The fourth-order valence-electron chi connectivity index (χ4n) is 4.90. The lowest BCUT2D eigenvalue weighted by Crippen LogP contribution is -2.39. The Hall–Kier alpha value is -4.65. The molecule has 41 heavy (non-hydrogen) atoms. The van der Waals surface area contributed by atoms with E-state index >= 15 is 0 Å². The molecule has 4 aromatic carbocycles. The minimum absolute atomic E-state index is 0.0153. The highest BCUT2D eigenvalue weighted by Gasteiger charge is 2.32. The van der Waals surface area contributed by atoms with Gasteiger partial charge in [0, 0.05) is 4.73 Å². The molecule has 6 heteroatoms. The number of rotatable bonds is 11. The van der Waals surface area contributed by atoms with Gasteiger partial charge in [-0.1, -0.05) is 135 Å². The largest absolute Gasteiger partial charge is 0.477 e. The van der Waals surface area contributed by atoms with Crippen LogP contribution >= 0.6 is 0 Å². The van der Waals surface area contributed by atoms with Gasteiger partial charge in [0.2, 0.25) is 5.75 Å². The molecule has 0 bridgehead atoms. The number of hydrogen-bond donors (Lipinski definition) is 2. The number of hydrogen-bond acceptors (Lipinski definition) is 5. The molecule has 0 radical (unpaired) electrons. The first kappa shape index (κ1) is 27.9. The van der Waals surface area contributed by atoms with Crippen molar-refractivity contribution in [1.29, 1.82) is 0 Å². The topological polar surface area (TPSA) is 77.8 Å². The number of pyridine rings is 1. The van der Waals surface area contributed by atoms with Gasteiger partial charge in [-0.3, -0.25) is 10.0 Å². The van der Waals surface area contributed by atoms with Gasteiger partial charge in [-0.15, -0.1) is 0 Å². The lowest BCUT2D eigenvalue weighted by atomic mass is 10.0. The van der Waals surface area contributed by atoms with Crippen LogP contribution in [-0.2, 0) is 4.84 Å². The van der Waals surface area contributed by atoms with E-state index in [1.807, 2.05) is 135 Å². The van der Waals surface area contributed by atoms with E-state index in [1.54, 1.807) is 6.07 Å². The molecule has 0 aliphatic heterocycles. The van der Waals surface area contributed by atoms with E-state index < -0.39 is 18.3 Å². The highest BCUT2D eigenvalue weighted by molar-refractivity contribution is 5.42. The summed E-state index contributed by atoms with van der Waals surface area (Å²) in [5.74, 6) is 6.48. The standard InChI is InChI=1S/C35H35N2O4/c1-25(2)33(41-36)30-23-31(39-34(26-15-7-3-8-16-26)27-17-9-4-10-18-27)32(24-37(30)38)40-35(28-19-11-5-12-20-28)29-21-13-6-14-22-29/h3-25,33-35,38H,36H2,1-2H3/q+1/t33-/m0/s1. The fourth-order valence-corrected chi connectivity index (χ4v) is 4.90. The van der Waals surface area contributed by atoms with E-state index in [-0.39, 0.29) is 5.92 Å². The van der Waals surface area contributed by atoms with Crippen LogP contribution in [0.15, 0.2) is 134 Å². The van der Waals surface area contributed by atoms with E-state index in [4.69, 9.17) is 20.2 Å². The molecule has 0 aliphatic carbocycles. The summed E-state index contributed by atoms with van der Waals surface area (Å²) in [5, 5.41) is 11.1. The van der Waals surface area contributed by atoms with Crippen molar-refractivity contribution in [1.82, 2.24) is 0 Å². The van der Waals surface area contributed by atoms with Crippen LogP contribution in [0.3, 0.4) is 0 Å². The van der Waals surface area contributed by atoms with Crippen molar-refractivity contribution < 1.29 is 24.2 Å². The molecule has 0 saturated heterocycles. The fraction of sp³-hybridized carbons (Fsp3) is 0.171. The molecule has 0 amide bonds. The SMILES string of the molecule is CC(C)[C@H](ON)c1cc(OC(c2ccccc2)c2ccccc2)c(OC(c2ccccc2)c2ccccc2)c[n+]1O. The lowest BCUT2D eigenvalue weighted by Gasteiger charge is -2.25. The normalized spacial score (nSPS) is 12.0. The predicted molar refractivity (Wildman–Crippen MR) is 157 cm³/mol. The van der Waals surface area contributed by atoms with Crippen molar-refractivity contribution in [2.24, 2.45) is 11.8 Å². The van der Waals surface area contributed by atoms with Gasteiger partial charge >= 0.3 is 0 Å². The second-order valence-corrected chi connectivity index (χ2v) is 10.2. The lowest BCUT2D eigenvalue weighted by molar-refractivity contribution is -0.911. The van der Waals surface area contributed by atoms with Crippen molar-refractivity contribution >= 4 is 0 Å². The van der Waals surface area contributed by atoms with Crippen LogP contribution in [0, 0.1) is 5.92 Å². The van der Waals surface area contributed by atoms with Crippen LogP contribution in [-0.4, -0.2) is 5.21 Å². The summed E-state index contributed by atoms with van der Waals surface area (Å²) in [6, 6.07) is 41.7. The Bertz CT molecular complexity index is 1440. The van der Waals surface area contributed by atoms with Crippen LogP contribution in [0.1, 0.15) is 60.1 Å². The Labute approximate surface area is 241 Å². The summed E-state index contributed by atoms with van der Waals surface area (Å²) in [6.07, 6.45) is 0.0437. The van der Waals surface area contributed by atoms with Gasteiger partial charge in [-0.25, -0.2) is 5.90 Å². The zero-order chi connectivity index (χ0) is 28.6. The molecular weight excluding hydrogens is 512 g/mol. The summed E-state index contributed by atoms with van der Waals surface area (Å²) in [4.78, 5) is 5.29. The molecule has 0 spiro atoms. The summed E-state index contributed by atoms with van der Waals surface area (Å²) in [6.45, 7) is 3.94. The van der Waals surface area contributed by atoms with E-state index in [0.717, 1.165) is 27.0 Å². The molecule has 0 aliphatic rings. The quantitative estimate of drug-likeness (QED) is 0.104. The maximum absolute atomic E-state index is 11.1. The molecule has 1 heterocycles. The average Bonchev–Trinajstić information content (AvgIpc) is 3.02. The van der Waals surface area contributed by atoms with Crippen molar-refractivity contribution in [3.8, 4) is 11.5 Å². The number of aromatic nitrogens is 1. The second kappa shape index (κ2) is 13.1. The summed E-state index contributed by atoms with van der Waals surface area (Å²) in [7, 11) is 0. The number of nitrogens with zero attached hydrogens (tertiary/aromatic N) is 1. The third kappa shape index (κ3) is 6.57. The summed E-state index contributed by atoms with van der Waals surface area (Å²) in [5.41, 5.74) is 4.33. The van der Waals surface area contributed by atoms with Crippen LogP contribution < -0.4 is 20.1 Å². The van der Waals surface area contributed by atoms with Crippen LogP contribution in [0.4, 0.5) is 0 Å². The van der Waals surface area contributed by atoms with Gasteiger partial charge < -0.3 is 9.47 Å². The first-order valence-electron chi connectivity index (χ1n) is 13.7. The minimum atomic E-state index is -0.581. The summed E-state index contributed by atoms with van der Waals surface area (Å²) >= 11 is 0. The van der Waals surface area contributed by atoms with E-state index in [0.29, 0.717) is 17.2 Å². The highest BCUT2D eigenvalue weighted by atomic mass is 16.6. The Balaban J connectivity index is 1.64. The molecule has 6 nitrogen and oxygen atoms in total. The van der Waals surface area contributed by atoms with Gasteiger partial charge in [0.15, 0.2) is 11.9 Å². The van der Waals surface area contributed by atoms with Crippen LogP contribution in [0.25, 0.3) is 0 Å². The molecule has 208 valence electrons. The number of ether oxygens (including phenoxy) is 2. The molecule has 5 rings (SSSR count). The molecule has 3 N–H and O–H groups in total. The van der Waals surface area contributed by atoms with Gasteiger partial charge in [-0.2, -0.15) is 0 Å². The molecule has 1 aromatic heterocycles. The predicted octanol–water partition coefficient (Wildman–Crippen LogP) is 7.14. The third-order valence-electron chi connectivity index (χ3n) is 6.97.